The minimum Gasteiger partial charge on any atom is -0.394 e. The number of benzene rings is 1. The molecular weight excluding hydrogens is 240 g/mol. The summed E-state index contributed by atoms with van der Waals surface area (Å²) < 4.78 is 2.01. The molecule has 0 amide bonds. The molecule has 0 saturated carbocycles. The number of rotatable bonds is 6. The lowest BCUT2D eigenvalue weighted by Crippen LogP contribution is -2.22. The average molecular weight is 262 g/mol. The second-order valence-corrected chi connectivity index (χ2v) is 5.20. The van der Waals surface area contributed by atoms with Crippen molar-refractivity contribution in [2.24, 2.45) is 0 Å². The highest BCUT2D eigenvalue weighted by Gasteiger charge is 2.11. The van der Waals surface area contributed by atoms with Gasteiger partial charge in [-0.15, -0.1) is 0 Å². The second kappa shape index (κ2) is 6.19. The molecule has 1 atom stereocenters. The molecule has 0 radical (unpaired) electrons. The first-order valence-corrected chi connectivity index (χ1v) is 6.71. The van der Waals surface area contributed by atoms with Crippen LogP contribution in [0.1, 0.15) is 19.4 Å². The van der Waals surface area contributed by atoms with Gasteiger partial charge in [0.05, 0.1) is 19.3 Å². The van der Waals surface area contributed by atoms with Gasteiger partial charge in [-0.05, 0) is 11.6 Å². The van der Waals surface area contributed by atoms with Gasteiger partial charge in [-0.1, -0.05) is 32.0 Å². The summed E-state index contributed by atoms with van der Waals surface area (Å²) >= 11 is 0. The first kappa shape index (κ1) is 14.1. The number of nitrogens with one attached hydrogen (secondary N) is 1. The maximum atomic E-state index is 9.61. The Morgan fingerprint density at radius 3 is 2.68 bits per heavy atom. The molecule has 1 heterocycles. The first-order chi connectivity index (χ1) is 9.11. The Hall–Kier alpha value is -1.36. The van der Waals surface area contributed by atoms with Crippen LogP contribution in [0.3, 0.4) is 0 Å². The highest BCUT2D eigenvalue weighted by atomic mass is 16.3. The molecule has 4 heteroatoms. The molecule has 0 bridgehead atoms. The molecule has 4 nitrogen and oxygen atoms in total. The summed E-state index contributed by atoms with van der Waals surface area (Å²) in [5.74, 6) is 0. The minimum absolute atomic E-state index is 0.216. The van der Waals surface area contributed by atoms with E-state index in [1.54, 1.807) is 0 Å². The van der Waals surface area contributed by atoms with Crippen molar-refractivity contribution in [3.05, 3.63) is 36.0 Å². The van der Waals surface area contributed by atoms with Crippen LogP contribution in [-0.4, -0.2) is 33.5 Å². The second-order valence-electron chi connectivity index (χ2n) is 5.20. The van der Waals surface area contributed by atoms with Crippen molar-refractivity contribution in [2.45, 2.75) is 39.1 Å². The van der Waals surface area contributed by atoms with Crippen molar-refractivity contribution in [3.63, 3.8) is 0 Å². The van der Waals surface area contributed by atoms with Gasteiger partial charge in [-0.3, -0.25) is 0 Å². The molecule has 2 rings (SSSR count). The van der Waals surface area contributed by atoms with E-state index >= 15 is 0 Å². The Labute approximate surface area is 113 Å². The van der Waals surface area contributed by atoms with Crippen LogP contribution in [0.2, 0.25) is 0 Å². The lowest BCUT2D eigenvalue weighted by molar-refractivity contribution is 0.0822. The molecule has 104 valence electrons. The Morgan fingerprint density at radius 2 is 2.00 bits per heavy atom. The van der Waals surface area contributed by atoms with E-state index in [1.165, 1.54) is 10.9 Å². The lowest BCUT2D eigenvalue weighted by atomic mass is 10.1. The molecule has 2 aromatic rings. The molecule has 0 saturated heterocycles. The van der Waals surface area contributed by atoms with Crippen molar-refractivity contribution in [1.82, 2.24) is 9.88 Å². The van der Waals surface area contributed by atoms with Crippen LogP contribution in [-0.2, 0) is 13.1 Å². The van der Waals surface area contributed by atoms with Crippen LogP contribution < -0.4 is 5.32 Å². The summed E-state index contributed by atoms with van der Waals surface area (Å²) in [7, 11) is 0. The first-order valence-electron chi connectivity index (χ1n) is 6.71. The monoisotopic (exact) mass is 262 g/mol. The molecule has 3 N–H and O–H groups in total. The SMILES string of the molecule is CC(C)NCc1cn(CC(O)CO)c2ccccc12. The minimum atomic E-state index is -0.721. The maximum Gasteiger partial charge on any atom is 0.0949 e. The van der Waals surface area contributed by atoms with Crippen LogP contribution >= 0.6 is 0 Å². The van der Waals surface area contributed by atoms with Gasteiger partial charge in [0, 0.05) is 29.7 Å². The third kappa shape index (κ3) is 3.35. The highest BCUT2D eigenvalue weighted by molar-refractivity contribution is 5.83. The number of hydrogen-bond donors (Lipinski definition) is 3. The summed E-state index contributed by atoms with van der Waals surface area (Å²) in [6.45, 7) is 5.24. The molecule has 0 aliphatic carbocycles. The fraction of sp³-hybridized carbons (Fsp3) is 0.467. The van der Waals surface area contributed by atoms with Gasteiger partial charge in [0.1, 0.15) is 0 Å². The summed E-state index contributed by atoms with van der Waals surface area (Å²) in [4.78, 5) is 0. The molecule has 0 fully saturated rings. The molecule has 19 heavy (non-hydrogen) atoms. The summed E-state index contributed by atoms with van der Waals surface area (Å²) in [6.07, 6.45) is 1.33. The van der Waals surface area contributed by atoms with Gasteiger partial charge in [0.15, 0.2) is 0 Å². The fourth-order valence-corrected chi connectivity index (χ4v) is 2.21. The number of nitrogens with zero attached hydrogens (tertiary/aromatic N) is 1. The molecule has 1 aromatic carbocycles. The molecule has 1 unspecified atom stereocenters. The van der Waals surface area contributed by atoms with E-state index in [0.717, 1.165) is 12.1 Å². The Bertz CT molecular complexity index is 534. The van der Waals surface area contributed by atoms with E-state index in [2.05, 4.69) is 31.4 Å². The van der Waals surface area contributed by atoms with Gasteiger partial charge >= 0.3 is 0 Å². The van der Waals surface area contributed by atoms with Gasteiger partial charge in [0.25, 0.3) is 0 Å². The third-order valence-electron chi connectivity index (χ3n) is 3.19. The summed E-state index contributed by atoms with van der Waals surface area (Å²) in [5.41, 5.74) is 2.31. The number of aromatic nitrogens is 1. The predicted octanol–water partition coefficient (Wildman–Crippen LogP) is 1.49. The zero-order valence-corrected chi connectivity index (χ0v) is 11.5. The third-order valence-corrected chi connectivity index (χ3v) is 3.19. The van der Waals surface area contributed by atoms with E-state index in [9.17, 15) is 5.11 Å². The van der Waals surface area contributed by atoms with E-state index in [0.29, 0.717) is 12.6 Å². The maximum absolute atomic E-state index is 9.61. The van der Waals surface area contributed by atoms with E-state index < -0.39 is 6.10 Å². The largest absolute Gasteiger partial charge is 0.394 e. The highest BCUT2D eigenvalue weighted by Crippen LogP contribution is 2.21. The standard InChI is InChI=1S/C15H22N2O2/c1-11(2)16-7-12-8-17(9-13(19)10-18)15-6-4-3-5-14(12)15/h3-6,8,11,13,16,18-19H,7,9-10H2,1-2H3. The number of aliphatic hydroxyl groups excluding tert-OH is 2. The van der Waals surface area contributed by atoms with Crippen molar-refractivity contribution < 1.29 is 10.2 Å². The van der Waals surface area contributed by atoms with Crippen molar-refractivity contribution >= 4 is 10.9 Å². The summed E-state index contributed by atoms with van der Waals surface area (Å²) in [5, 5.41) is 23.2. The zero-order valence-electron chi connectivity index (χ0n) is 11.5. The number of aliphatic hydroxyl groups is 2. The predicted molar refractivity (Wildman–Crippen MR) is 77.0 cm³/mol. The average Bonchev–Trinajstić information content (AvgIpc) is 2.75. The van der Waals surface area contributed by atoms with Crippen LogP contribution in [0.5, 0.6) is 0 Å². The van der Waals surface area contributed by atoms with Crippen LogP contribution in [0.4, 0.5) is 0 Å². The number of hydrogen-bond acceptors (Lipinski definition) is 3. The summed E-state index contributed by atoms with van der Waals surface area (Å²) in [6, 6.07) is 8.58. The molecule has 1 aromatic heterocycles. The van der Waals surface area contributed by atoms with E-state index in [4.69, 9.17) is 5.11 Å². The van der Waals surface area contributed by atoms with Crippen molar-refractivity contribution in [2.75, 3.05) is 6.61 Å². The number of fused-ring (bicyclic) bond motifs is 1. The van der Waals surface area contributed by atoms with Gasteiger partial charge in [-0.25, -0.2) is 0 Å². The van der Waals surface area contributed by atoms with E-state index in [1.807, 2.05) is 22.8 Å². The van der Waals surface area contributed by atoms with Crippen LogP contribution in [0, 0.1) is 0 Å². The molecule has 0 spiro atoms. The lowest BCUT2D eigenvalue weighted by Gasteiger charge is -2.09. The van der Waals surface area contributed by atoms with Crippen molar-refractivity contribution in [3.8, 4) is 0 Å². The van der Waals surface area contributed by atoms with Gasteiger partial charge in [0.2, 0.25) is 0 Å². The number of para-hydroxylation sites is 1. The Kier molecular flexibility index (Phi) is 4.58. The van der Waals surface area contributed by atoms with Gasteiger partial charge < -0.3 is 20.1 Å². The quantitative estimate of drug-likeness (QED) is 0.739. The fourth-order valence-electron chi connectivity index (χ4n) is 2.21. The topological polar surface area (TPSA) is 57.4 Å². The van der Waals surface area contributed by atoms with Crippen LogP contribution in [0.15, 0.2) is 30.5 Å². The van der Waals surface area contributed by atoms with Crippen molar-refractivity contribution in [1.29, 1.82) is 0 Å². The van der Waals surface area contributed by atoms with Gasteiger partial charge in [-0.2, -0.15) is 0 Å². The zero-order chi connectivity index (χ0) is 13.8. The molecular formula is C15H22N2O2. The Balaban J connectivity index is 2.31. The van der Waals surface area contributed by atoms with Crippen LogP contribution in [0.25, 0.3) is 10.9 Å². The molecule has 0 aliphatic rings. The smallest absolute Gasteiger partial charge is 0.0949 e. The van der Waals surface area contributed by atoms with E-state index in [-0.39, 0.29) is 6.61 Å². The normalized spacial score (nSPS) is 13.3. The Morgan fingerprint density at radius 1 is 1.26 bits per heavy atom. The molecule has 0 aliphatic heterocycles.